The lowest BCUT2D eigenvalue weighted by Gasteiger charge is -2.18. The molecular weight excluding hydrogens is 1020 g/mol. The highest BCUT2D eigenvalue weighted by Gasteiger charge is 2.19. The molecule has 0 heterocycles. The van der Waals surface area contributed by atoms with Gasteiger partial charge >= 0.3 is 17.9 Å². The van der Waals surface area contributed by atoms with Gasteiger partial charge < -0.3 is 14.2 Å². The van der Waals surface area contributed by atoms with Gasteiger partial charge in [0.15, 0.2) is 6.10 Å². The van der Waals surface area contributed by atoms with E-state index in [1.165, 1.54) is 167 Å². The highest BCUT2D eigenvalue weighted by Crippen LogP contribution is 2.17. The van der Waals surface area contributed by atoms with Gasteiger partial charge in [-0.05, 0) is 109 Å². The predicted molar refractivity (Wildman–Crippen MR) is 362 cm³/mol. The maximum atomic E-state index is 13.0. The van der Waals surface area contributed by atoms with Crippen molar-refractivity contribution in [3.8, 4) is 0 Å². The van der Waals surface area contributed by atoms with Crippen LogP contribution in [0.2, 0.25) is 0 Å². The van der Waals surface area contributed by atoms with Crippen molar-refractivity contribution in [2.24, 2.45) is 0 Å². The Morgan fingerprint density at radius 2 is 0.470 bits per heavy atom. The molecule has 1 unspecified atom stereocenters. The number of allylic oxidation sites excluding steroid dienone is 18. The maximum absolute atomic E-state index is 13.0. The third-order valence-corrected chi connectivity index (χ3v) is 15.3. The fourth-order valence-corrected chi connectivity index (χ4v) is 9.99. The zero-order valence-electron chi connectivity index (χ0n) is 54.7. The molecule has 0 N–H and O–H groups in total. The van der Waals surface area contributed by atoms with Crippen molar-refractivity contribution in [3.63, 3.8) is 0 Å². The number of hydrogen-bond donors (Lipinski definition) is 0. The minimum absolute atomic E-state index is 0.0947. The SMILES string of the molecule is CC/C=C\C/C=C\C/C=C\C/C=C\C/C=C\C/C=C\C/C=C\CCCCCC(=O)OCC(COC(=O)CCCCCCC/C=C\C/C=C\CCCCCC)OC(=O)CCCCCCCCCCCCCCCCCCCCCCCCCC. The quantitative estimate of drug-likeness (QED) is 0.0261. The van der Waals surface area contributed by atoms with Gasteiger partial charge in [0.05, 0.1) is 0 Å². The molecule has 0 rings (SSSR count). The van der Waals surface area contributed by atoms with Crippen LogP contribution in [-0.4, -0.2) is 37.2 Å². The van der Waals surface area contributed by atoms with E-state index in [1.807, 2.05) is 0 Å². The number of esters is 3. The second kappa shape index (κ2) is 70.6. The van der Waals surface area contributed by atoms with Crippen molar-refractivity contribution < 1.29 is 28.6 Å². The van der Waals surface area contributed by atoms with Crippen molar-refractivity contribution in [2.75, 3.05) is 13.2 Å². The molecule has 0 aromatic rings. The van der Waals surface area contributed by atoms with Gasteiger partial charge in [-0.3, -0.25) is 14.4 Å². The molecule has 0 saturated heterocycles. The molecule has 0 radical (unpaired) electrons. The second-order valence-electron chi connectivity index (χ2n) is 23.4. The summed E-state index contributed by atoms with van der Waals surface area (Å²) in [6.07, 6.45) is 96.8. The van der Waals surface area contributed by atoms with Crippen LogP contribution in [0.15, 0.2) is 109 Å². The third kappa shape index (κ3) is 68.7. The van der Waals surface area contributed by atoms with Crippen molar-refractivity contribution in [1.82, 2.24) is 0 Å². The standard InChI is InChI=1S/C77H132O6/c1-4-7-10-13-16-19-22-25-28-31-33-35-37-39-41-42-44-46-49-52-55-58-61-64-67-70-76(79)82-73-74(72-81-75(78)69-66-63-60-57-54-51-48-30-27-24-21-18-15-12-9-6-3)83-77(80)71-68-65-62-59-56-53-50-47-45-43-40-38-36-34-32-29-26-23-20-17-14-11-8-5-2/h7,10,16,19,21,24-25,28,30,33,35,39,41,44,46,48,52,55,74H,4-6,8-9,11-15,17-18,20,22-23,26-27,29,31-32,34,36-38,40,42-43,45,47,49-51,53-54,56-73H2,1-3H3/b10-7-,19-16-,24-21-,28-25-,35-33-,41-39-,46-44-,48-30-,55-52-. The lowest BCUT2D eigenvalue weighted by Crippen LogP contribution is -2.30. The Kier molecular flexibility index (Phi) is 67.2. The molecule has 0 bridgehead atoms. The molecule has 0 aliphatic heterocycles. The number of unbranched alkanes of at least 4 members (excludes halogenated alkanes) is 35. The van der Waals surface area contributed by atoms with Crippen LogP contribution in [0.3, 0.4) is 0 Å². The molecular formula is C77H132O6. The first-order chi connectivity index (χ1) is 41.0. The van der Waals surface area contributed by atoms with E-state index in [0.717, 1.165) is 135 Å². The smallest absolute Gasteiger partial charge is 0.306 e. The van der Waals surface area contributed by atoms with Gasteiger partial charge in [-0.2, -0.15) is 0 Å². The Balaban J connectivity index is 4.41. The summed E-state index contributed by atoms with van der Waals surface area (Å²) in [4.78, 5) is 38.5. The largest absolute Gasteiger partial charge is 0.462 e. The molecule has 6 nitrogen and oxygen atoms in total. The van der Waals surface area contributed by atoms with Crippen molar-refractivity contribution >= 4 is 17.9 Å². The van der Waals surface area contributed by atoms with E-state index in [1.54, 1.807) is 0 Å². The molecule has 476 valence electrons. The Morgan fingerprint density at radius 1 is 0.253 bits per heavy atom. The van der Waals surface area contributed by atoms with Gasteiger partial charge in [-0.1, -0.05) is 323 Å². The summed E-state index contributed by atoms with van der Waals surface area (Å²) in [5, 5.41) is 0. The molecule has 0 aliphatic rings. The van der Waals surface area contributed by atoms with Crippen LogP contribution in [0, 0.1) is 0 Å². The number of hydrogen-bond acceptors (Lipinski definition) is 6. The molecule has 0 aromatic heterocycles. The van der Waals surface area contributed by atoms with E-state index in [9.17, 15) is 14.4 Å². The lowest BCUT2D eigenvalue weighted by molar-refractivity contribution is -0.167. The topological polar surface area (TPSA) is 78.9 Å². The van der Waals surface area contributed by atoms with Crippen molar-refractivity contribution in [3.05, 3.63) is 109 Å². The minimum atomic E-state index is -0.801. The zero-order chi connectivity index (χ0) is 59.9. The van der Waals surface area contributed by atoms with E-state index in [4.69, 9.17) is 14.2 Å². The van der Waals surface area contributed by atoms with E-state index in [0.29, 0.717) is 19.3 Å². The highest BCUT2D eigenvalue weighted by molar-refractivity contribution is 5.71. The van der Waals surface area contributed by atoms with Gasteiger partial charge in [-0.15, -0.1) is 0 Å². The maximum Gasteiger partial charge on any atom is 0.306 e. The summed E-state index contributed by atoms with van der Waals surface area (Å²) in [7, 11) is 0. The number of ether oxygens (including phenoxy) is 3. The average Bonchev–Trinajstić information content (AvgIpc) is 3.50. The average molecular weight is 1150 g/mol. The van der Waals surface area contributed by atoms with Gasteiger partial charge in [0, 0.05) is 19.3 Å². The first kappa shape index (κ1) is 79.1. The molecule has 83 heavy (non-hydrogen) atoms. The molecule has 0 saturated carbocycles. The summed E-state index contributed by atoms with van der Waals surface area (Å²) in [5.41, 5.74) is 0. The van der Waals surface area contributed by atoms with E-state index >= 15 is 0 Å². The fraction of sp³-hybridized carbons (Fsp3) is 0.727. The molecule has 0 aromatic carbocycles. The van der Waals surface area contributed by atoms with Gasteiger partial charge in [-0.25, -0.2) is 0 Å². The Morgan fingerprint density at radius 3 is 0.759 bits per heavy atom. The van der Waals surface area contributed by atoms with E-state index < -0.39 is 6.10 Å². The third-order valence-electron chi connectivity index (χ3n) is 15.3. The van der Waals surface area contributed by atoms with Gasteiger partial charge in [0.2, 0.25) is 0 Å². The number of carbonyl (C=O) groups is 3. The molecule has 1 atom stereocenters. The van der Waals surface area contributed by atoms with Crippen LogP contribution in [0.4, 0.5) is 0 Å². The zero-order valence-corrected chi connectivity index (χ0v) is 54.7. The molecule has 0 amide bonds. The van der Waals surface area contributed by atoms with Gasteiger partial charge in [0.25, 0.3) is 0 Å². The van der Waals surface area contributed by atoms with Crippen LogP contribution in [0.1, 0.15) is 342 Å². The van der Waals surface area contributed by atoms with Crippen LogP contribution in [0.25, 0.3) is 0 Å². The molecule has 0 fully saturated rings. The molecule has 6 heteroatoms. The molecule has 0 aliphatic carbocycles. The fourth-order valence-electron chi connectivity index (χ4n) is 9.99. The Labute approximate surface area is 514 Å². The number of carbonyl (C=O) groups excluding carboxylic acids is 3. The summed E-state index contributed by atoms with van der Waals surface area (Å²) >= 11 is 0. The first-order valence-electron chi connectivity index (χ1n) is 35.4. The highest BCUT2D eigenvalue weighted by atomic mass is 16.6. The van der Waals surface area contributed by atoms with Gasteiger partial charge in [0.1, 0.15) is 13.2 Å². The van der Waals surface area contributed by atoms with Crippen molar-refractivity contribution in [1.29, 1.82) is 0 Å². The summed E-state index contributed by atoms with van der Waals surface area (Å²) < 4.78 is 17.0. The minimum Gasteiger partial charge on any atom is -0.462 e. The lowest BCUT2D eigenvalue weighted by atomic mass is 10.0. The van der Waals surface area contributed by atoms with Crippen LogP contribution in [-0.2, 0) is 28.6 Å². The second-order valence-corrected chi connectivity index (χ2v) is 23.4. The predicted octanol–water partition coefficient (Wildman–Crippen LogP) is 24.6. The van der Waals surface area contributed by atoms with Crippen molar-refractivity contribution in [2.45, 2.75) is 348 Å². The molecule has 0 spiro atoms. The summed E-state index contributed by atoms with van der Waals surface area (Å²) in [6, 6.07) is 0. The van der Waals surface area contributed by atoms with E-state index in [2.05, 4.69) is 130 Å². The van der Waals surface area contributed by atoms with Crippen LogP contribution < -0.4 is 0 Å². The Hall–Kier alpha value is -3.93. The monoisotopic (exact) mass is 1150 g/mol. The first-order valence-corrected chi connectivity index (χ1v) is 35.4. The van der Waals surface area contributed by atoms with Crippen LogP contribution in [0.5, 0.6) is 0 Å². The normalized spacial score (nSPS) is 12.8. The number of rotatable bonds is 64. The summed E-state index contributed by atoms with van der Waals surface area (Å²) in [6.45, 7) is 6.51. The summed E-state index contributed by atoms with van der Waals surface area (Å²) in [5.74, 6) is -0.926. The Bertz CT molecular complexity index is 1660. The van der Waals surface area contributed by atoms with Crippen LogP contribution >= 0.6 is 0 Å². The van der Waals surface area contributed by atoms with E-state index in [-0.39, 0.29) is 31.1 Å².